The van der Waals surface area contributed by atoms with E-state index in [1.54, 1.807) is 30.3 Å². The number of rotatable bonds is 4. The molecule has 0 atom stereocenters. The molecule has 19 heavy (non-hydrogen) atoms. The molecule has 2 aromatic rings. The van der Waals surface area contributed by atoms with Crippen LogP contribution in [0.3, 0.4) is 0 Å². The minimum Gasteiger partial charge on any atom is -0.366 e. The zero-order valence-corrected chi connectivity index (χ0v) is 10.1. The van der Waals surface area contributed by atoms with Gasteiger partial charge in [-0.3, -0.25) is 4.79 Å². The Morgan fingerprint density at radius 1 is 1.16 bits per heavy atom. The van der Waals surface area contributed by atoms with Gasteiger partial charge in [0, 0.05) is 12.0 Å². The van der Waals surface area contributed by atoms with Gasteiger partial charge in [0.15, 0.2) is 0 Å². The van der Waals surface area contributed by atoms with Crippen molar-refractivity contribution in [2.24, 2.45) is 5.73 Å². The average molecular weight is 257 g/mol. The maximum absolute atomic E-state index is 12.9. The summed E-state index contributed by atoms with van der Waals surface area (Å²) in [5.74, 6) is -0.912. The summed E-state index contributed by atoms with van der Waals surface area (Å²) >= 11 is 0. The first-order chi connectivity index (χ1) is 9.11. The molecule has 1 amide bonds. The first kappa shape index (κ1) is 13.0. The Balaban J connectivity index is 2.57. The van der Waals surface area contributed by atoms with E-state index in [9.17, 15) is 14.0 Å². The molecule has 0 radical (unpaired) electrons. The van der Waals surface area contributed by atoms with E-state index in [1.807, 2.05) is 0 Å². The predicted molar refractivity (Wildman–Crippen MR) is 70.1 cm³/mol. The summed E-state index contributed by atoms with van der Waals surface area (Å²) in [6.45, 7) is 0. The summed E-state index contributed by atoms with van der Waals surface area (Å²) in [6.07, 6.45) is 1.04. The number of hydrogen-bond acceptors (Lipinski definition) is 2. The van der Waals surface area contributed by atoms with Crippen LogP contribution < -0.4 is 5.73 Å². The second-order valence-electron chi connectivity index (χ2n) is 4.12. The van der Waals surface area contributed by atoms with Crippen LogP contribution in [0, 0.1) is 5.82 Å². The fraction of sp³-hybridized carbons (Fsp3) is 0.0667. The maximum Gasteiger partial charge on any atom is 0.249 e. The molecular formula is C15H12FNO2. The Kier molecular flexibility index (Phi) is 3.71. The van der Waals surface area contributed by atoms with E-state index in [0.29, 0.717) is 16.7 Å². The van der Waals surface area contributed by atoms with E-state index in [1.165, 1.54) is 12.1 Å². The number of carbonyl (C=O) groups is 2. The summed E-state index contributed by atoms with van der Waals surface area (Å²) in [5, 5.41) is 0. The lowest BCUT2D eigenvalue weighted by Gasteiger charge is -2.09. The van der Waals surface area contributed by atoms with Crippen molar-refractivity contribution in [1.82, 2.24) is 0 Å². The van der Waals surface area contributed by atoms with E-state index in [4.69, 9.17) is 5.73 Å². The van der Waals surface area contributed by atoms with Crippen molar-refractivity contribution in [2.45, 2.75) is 6.42 Å². The molecule has 0 saturated heterocycles. The molecule has 0 aliphatic heterocycles. The van der Waals surface area contributed by atoms with Crippen LogP contribution in [-0.2, 0) is 11.2 Å². The Bertz CT molecular complexity index is 621. The topological polar surface area (TPSA) is 60.2 Å². The van der Waals surface area contributed by atoms with E-state index < -0.39 is 5.91 Å². The third kappa shape index (κ3) is 2.85. The van der Waals surface area contributed by atoms with Gasteiger partial charge in [-0.2, -0.15) is 0 Å². The van der Waals surface area contributed by atoms with Gasteiger partial charge in [-0.15, -0.1) is 0 Å². The minimum absolute atomic E-state index is 0.257. The predicted octanol–water partition coefficient (Wildman–Crippen LogP) is 2.33. The quantitative estimate of drug-likeness (QED) is 0.854. The molecule has 0 spiro atoms. The zero-order chi connectivity index (χ0) is 13.8. The van der Waals surface area contributed by atoms with Gasteiger partial charge >= 0.3 is 0 Å². The molecule has 0 fully saturated rings. The molecule has 0 heterocycles. The Morgan fingerprint density at radius 2 is 1.84 bits per heavy atom. The van der Waals surface area contributed by atoms with Crippen molar-refractivity contribution in [3.63, 3.8) is 0 Å². The number of amides is 1. The average Bonchev–Trinajstić information content (AvgIpc) is 2.39. The molecule has 3 nitrogen and oxygen atoms in total. The number of nitrogens with two attached hydrogens (primary N) is 1. The molecule has 2 N–H and O–H groups in total. The van der Waals surface area contributed by atoms with Crippen molar-refractivity contribution < 1.29 is 14.0 Å². The highest BCUT2D eigenvalue weighted by Gasteiger charge is 2.11. The molecule has 0 aromatic heterocycles. The Hall–Kier alpha value is -2.49. The van der Waals surface area contributed by atoms with Crippen molar-refractivity contribution in [3.8, 4) is 11.1 Å². The van der Waals surface area contributed by atoms with Crippen LogP contribution in [0.1, 0.15) is 15.9 Å². The van der Waals surface area contributed by atoms with Crippen LogP contribution in [0.2, 0.25) is 0 Å². The SMILES string of the molecule is NC(=O)c1ccc(CC=O)cc1-c1ccc(F)cc1. The molecule has 0 bridgehead atoms. The van der Waals surface area contributed by atoms with Gasteiger partial charge in [0.2, 0.25) is 5.91 Å². The smallest absolute Gasteiger partial charge is 0.249 e. The Morgan fingerprint density at radius 3 is 2.42 bits per heavy atom. The van der Waals surface area contributed by atoms with Crippen LogP contribution in [0.25, 0.3) is 11.1 Å². The van der Waals surface area contributed by atoms with Gasteiger partial charge in [-0.25, -0.2) is 4.39 Å². The van der Waals surface area contributed by atoms with Crippen LogP contribution in [0.4, 0.5) is 4.39 Å². The maximum atomic E-state index is 12.9. The highest BCUT2D eigenvalue weighted by atomic mass is 19.1. The number of benzene rings is 2. The molecular weight excluding hydrogens is 245 g/mol. The van der Waals surface area contributed by atoms with Crippen molar-refractivity contribution >= 4 is 12.2 Å². The summed E-state index contributed by atoms with van der Waals surface area (Å²) < 4.78 is 12.9. The highest BCUT2D eigenvalue weighted by molar-refractivity contribution is 6.00. The van der Waals surface area contributed by atoms with Gasteiger partial charge in [0.25, 0.3) is 0 Å². The van der Waals surface area contributed by atoms with Gasteiger partial charge in [0.05, 0.1) is 0 Å². The highest BCUT2D eigenvalue weighted by Crippen LogP contribution is 2.25. The van der Waals surface area contributed by atoms with E-state index >= 15 is 0 Å². The van der Waals surface area contributed by atoms with Gasteiger partial charge in [0.1, 0.15) is 12.1 Å². The molecule has 0 aliphatic carbocycles. The number of hydrogen-bond donors (Lipinski definition) is 1. The Labute approximate surface area is 109 Å². The largest absolute Gasteiger partial charge is 0.366 e. The molecule has 2 rings (SSSR count). The second kappa shape index (κ2) is 5.44. The van der Waals surface area contributed by atoms with Gasteiger partial charge in [-0.05, 0) is 41.0 Å². The molecule has 4 heteroatoms. The fourth-order valence-corrected chi connectivity index (χ4v) is 1.90. The second-order valence-corrected chi connectivity index (χ2v) is 4.12. The summed E-state index contributed by atoms with van der Waals surface area (Å²) in [6, 6.07) is 10.8. The lowest BCUT2D eigenvalue weighted by Crippen LogP contribution is -2.12. The lowest BCUT2D eigenvalue weighted by molar-refractivity contribution is -0.107. The van der Waals surface area contributed by atoms with E-state index in [0.717, 1.165) is 11.8 Å². The molecule has 0 aliphatic rings. The normalized spacial score (nSPS) is 10.2. The monoisotopic (exact) mass is 257 g/mol. The van der Waals surface area contributed by atoms with Crippen LogP contribution in [0.15, 0.2) is 42.5 Å². The van der Waals surface area contributed by atoms with Crippen molar-refractivity contribution in [2.75, 3.05) is 0 Å². The summed E-state index contributed by atoms with van der Waals surface area (Å²) in [5.41, 5.74) is 7.74. The molecule has 96 valence electrons. The molecule has 0 unspecified atom stereocenters. The first-order valence-electron chi connectivity index (χ1n) is 5.74. The minimum atomic E-state index is -0.558. The van der Waals surface area contributed by atoms with Crippen molar-refractivity contribution in [1.29, 1.82) is 0 Å². The lowest BCUT2D eigenvalue weighted by atomic mass is 9.96. The van der Waals surface area contributed by atoms with Crippen molar-refractivity contribution in [3.05, 3.63) is 59.4 Å². The van der Waals surface area contributed by atoms with Gasteiger partial charge in [-0.1, -0.05) is 18.2 Å². The number of carbonyl (C=O) groups excluding carboxylic acids is 2. The number of primary amides is 1. The standard InChI is InChI=1S/C15H12FNO2/c16-12-4-2-11(3-5-12)14-9-10(7-8-18)1-6-13(14)15(17)19/h1-6,8-9H,7H2,(H2,17,19). The number of halogens is 1. The fourth-order valence-electron chi connectivity index (χ4n) is 1.90. The van der Waals surface area contributed by atoms with Crippen LogP contribution >= 0.6 is 0 Å². The third-order valence-electron chi connectivity index (χ3n) is 2.82. The molecule has 0 saturated carbocycles. The third-order valence-corrected chi connectivity index (χ3v) is 2.82. The van der Waals surface area contributed by atoms with E-state index in [2.05, 4.69) is 0 Å². The number of aldehydes is 1. The van der Waals surface area contributed by atoms with Crippen LogP contribution in [-0.4, -0.2) is 12.2 Å². The summed E-state index contributed by atoms with van der Waals surface area (Å²) in [7, 11) is 0. The van der Waals surface area contributed by atoms with Gasteiger partial charge < -0.3 is 10.5 Å². The first-order valence-corrected chi connectivity index (χ1v) is 5.74. The summed E-state index contributed by atoms with van der Waals surface area (Å²) in [4.78, 5) is 22.0. The zero-order valence-electron chi connectivity index (χ0n) is 10.1. The van der Waals surface area contributed by atoms with Crippen LogP contribution in [0.5, 0.6) is 0 Å². The van der Waals surface area contributed by atoms with E-state index in [-0.39, 0.29) is 12.2 Å². The molecule has 2 aromatic carbocycles.